The van der Waals surface area contributed by atoms with Gasteiger partial charge in [-0.15, -0.1) is 0 Å². The molecule has 0 aromatic heterocycles. The highest BCUT2D eigenvalue weighted by molar-refractivity contribution is 5.81. The molecule has 1 fully saturated rings. The molecule has 4 heteroatoms. The molecule has 0 spiro atoms. The molecule has 1 N–H and O–H groups in total. The standard InChI is InChI=1S/C13H25NO3/c1-9(2)11-8-13(6-7-17-11,12(15)16-5)14-10(3)4/h9-11,14H,6-8H2,1-5H3. The molecule has 0 radical (unpaired) electrons. The average Bonchev–Trinajstić information content (AvgIpc) is 2.27. The molecule has 1 heterocycles. The zero-order valence-electron chi connectivity index (χ0n) is 11.6. The van der Waals surface area contributed by atoms with Crippen molar-refractivity contribution in [2.75, 3.05) is 13.7 Å². The second-order valence-electron chi connectivity index (χ2n) is 5.48. The molecule has 1 rings (SSSR count). The number of ether oxygens (including phenoxy) is 2. The Hall–Kier alpha value is -0.610. The van der Waals surface area contributed by atoms with Gasteiger partial charge in [0.05, 0.1) is 13.2 Å². The minimum Gasteiger partial charge on any atom is -0.468 e. The molecular weight excluding hydrogens is 218 g/mol. The van der Waals surface area contributed by atoms with Crippen molar-refractivity contribution in [1.82, 2.24) is 5.32 Å². The van der Waals surface area contributed by atoms with Crippen LogP contribution >= 0.6 is 0 Å². The highest BCUT2D eigenvalue weighted by atomic mass is 16.5. The van der Waals surface area contributed by atoms with E-state index in [2.05, 4.69) is 19.2 Å². The maximum Gasteiger partial charge on any atom is 0.326 e. The molecule has 0 bridgehead atoms. The summed E-state index contributed by atoms with van der Waals surface area (Å²) in [7, 11) is 1.45. The number of rotatable bonds is 4. The van der Waals surface area contributed by atoms with Crippen LogP contribution in [0.5, 0.6) is 0 Å². The molecule has 1 aliphatic heterocycles. The van der Waals surface area contributed by atoms with Crippen molar-refractivity contribution in [1.29, 1.82) is 0 Å². The predicted molar refractivity (Wildman–Crippen MR) is 66.8 cm³/mol. The first-order valence-electron chi connectivity index (χ1n) is 6.39. The van der Waals surface area contributed by atoms with E-state index in [1.54, 1.807) is 0 Å². The summed E-state index contributed by atoms with van der Waals surface area (Å²) in [6, 6.07) is 0.250. The molecule has 1 saturated heterocycles. The molecule has 17 heavy (non-hydrogen) atoms. The van der Waals surface area contributed by atoms with E-state index in [4.69, 9.17) is 9.47 Å². The highest BCUT2D eigenvalue weighted by Crippen LogP contribution is 2.30. The summed E-state index contributed by atoms with van der Waals surface area (Å²) in [5, 5.41) is 3.38. The Morgan fingerprint density at radius 1 is 1.41 bits per heavy atom. The van der Waals surface area contributed by atoms with Crippen LogP contribution in [0.3, 0.4) is 0 Å². The van der Waals surface area contributed by atoms with Crippen LogP contribution in [0, 0.1) is 5.92 Å². The lowest BCUT2D eigenvalue weighted by Gasteiger charge is -2.41. The van der Waals surface area contributed by atoms with Gasteiger partial charge in [-0.25, -0.2) is 0 Å². The smallest absolute Gasteiger partial charge is 0.326 e. The van der Waals surface area contributed by atoms with Gasteiger partial charge >= 0.3 is 5.97 Å². The van der Waals surface area contributed by atoms with Crippen LogP contribution in [0.4, 0.5) is 0 Å². The van der Waals surface area contributed by atoms with Gasteiger partial charge in [0, 0.05) is 19.1 Å². The normalized spacial score (nSPS) is 29.7. The summed E-state index contributed by atoms with van der Waals surface area (Å²) in [6.45, 7) is 8.94. The van der Waals surface area contributed by atoms with Crippen molar-refractivity contribution < 1.29 is 14.3 Å². The zero-order valence-corrected chi connectivity index (χ0v) is 11.6. The van der Waals surface area contributed by atoms with Crippen LogP contribution in [-0.2, 0) is 14.3 Å². The van der Waals surface area contributed by atoms with E-state index in [0.29, 0.717) is 25.4 Å². The number of hydrogen-bond acceptors (Lipinski definition) is 4. The topological polar surface area (TPSA) is 47.6 Å². The van der Waals surface area contributed by atoms with Crippen molar-refractivity contribution in [3.8, 4) is 0 Å². The van der Waals surface area contributed by atoms with Gasteiger partial charge in [0.25, 0.3) is 0 Å². The third-order valence-corrected chi connectivity index (χ3v) is 3.30. The predicted octanol–water partition coefficient (Wildman–Crippen LogP) is 1.73. The van der Waals surface area contributed by atoms with Gasteiger partial charge in [-0.3, -0.25) is 10.1 Å². The molecule has 0 saturated carbocycles. The number of nitrogens with one attached hydrogen (secondary N) is 1. The van der Waals surface area contributed by atoms with Gasteiger partial charge in [0.1, 0.15) is 5.54 Å². The van der Waals surface area contributed by atoms with Gasteiger partial charge in [0.15, 0.2) is 0 Å². The molecule has 0 aromatic carbocycles. The van der Waals surface area contributed by atoms with Gasteiger partial charge in [0.2, 0.25) is 0 Å². The van der Waals surface area contributed by atoms with Crippen molar-refractivity contribution in [2.24, 2.45) is 5.92 Å². The van der Waals surface area contributed by atoms with Crippen molar-refractivity contribution in [3.05, 3.63) is 0 Å². The lowest BCUT2D eigenvalue weighted by molar-refractivity contribution is -0.157. The Labute approximate surface area is 104 Å². The SMILES string of the molecule is COC(=O)C1(NC(C)C)CCOC(C(C)C)C1. The number of carbonyl (C=O) groups is 1. The van der Waals surface area contributed by atoms with Crippen molar-refractivity contribution in [3.63, 3.8) is 0 Å². The second-order valence-corrected chi connectivity index (χ2v) is 5.48. The molecule has 2 unspecified atom stereocenters. The van der Waals surface area contributed by atoms with E-state index in [0.717, 1.165) is 0 Å². The van der Waals surface area contributed by atoms with Crippen LogP contribution < -0.4 is 5.32 Å². The van der Waals surface area contributed by atoms with Crippen LogP contribution in [-0.4, -0.2) is 37.4 Å². The largest absolute Gasteiger partial charge is 0.468 e. The Morgan fingerprint density at radius 3 is 2.53 bits per heavy atom. The van der Waals surface area contributed by atoms with E-state index in [1.165, 1.54) is 7.11 Å². The van der Waals surface area contributed by atoms with Gasteiger partial charge in [-0.2, -0.15) is 0 Å². The fraction of sp³-hybridized carbons (Fsp3) is 0.923. The third-order valence-electron chi connectivity index (χ3n) is 3.30. The Morgan fingerprint density at radius 2 is 2.06 bits per heavy atom. The van der Waals surface area contributed by atoms with Gasteiger partial charge < -0.3 is 9.47 Å². The first-order valence-corrected chi connectivity index (χ1v) is 6.39. The van der Waals surface area contributed by atoms with Crippen molar-refractivity contribution >= 4 is 5.97 Å². The van der Waals surface area contributed by atoms with Crippen LogP contribution in [0.15, 0.2) is 0 Å². The quantitative estimate of drug-likeness (QED) is 0.764. The summed E-state index contributed by atoms with van der Waals surface area (Å²) in [6.07, 6.45) is 1.49. The maximum absolute atomic E-state index is 12.1. The van der Waals surface area contributed by atoms with E-state index < -0.39 is 5.54 Å². The zero-order chi connectivity index (χ0) is 13.1. The minimum absolute atomic E-state index is 0.120. The van der Waals surface area contributed by atoms with E-state index >= 15 is 0 Å². The summed E-state index contributed by atoms with van der Waals surface area (Å²) >= 11 is 0. The first-order chi connectivity index (χ1) is 7.91. The lowest BCUT2D eigenvalue weighted by Crippen LogP contribution is -2.60. The summed E-state index contributed by atoms with van der Waals surface area (Å²) in [4.78, 5) is 12.1. The number of esters is 1. The summed E-state index contributed by atoms with van der Waals surface area (Å²) in [5.74, 6) is 0.244. The number of methoxy groups -OCH3 is 1. The van der Waals surface area contributed by atoms with Gasteiger partial charge in [-0.1, -0.05) is 13.8 Å². The molecule has 100 valence electrons. The van der Waals surface area contributed by atoms with E-state index in [1.807, 2.05) is 13.8 Å². The molecular formula is C13H25NO3. The molecule has 0 aromatic rings. The van der Waals surface area contributed by atoms with E-state index in [9.17, 15) is 4.79 Å². The minimum atomic E-state index is -0.573. The van der Waals surface area contributed by atoms with E-state index in [-0.39, 0.29) is 18.1 Å². The highest BCUT2D eigenvalue weighted by Gasteiger charge is 2.45. The summed E-state index contributed by atoms with van der Waals surface area (Å²) < 4.78 is 10.7. The molecule has 0 amide bonds. The fourth-order valence-electron chi connectivity index (χ4n) is 2.44. The van der Waals surface area contributed by atoms with Crippen LogP contribution in [0.25, 0.3) is 0 Å². The molecule has 0 aliphatic carbocycles. The molecule has 4 nitrogen and oxygen atoms in total. The number of carbonyl (C=O) groups excluding carboxylic acids is 1. The van der Waals surface area contributed by atoms with Crippen LogP contribution in [0.1, 0.15) is 40.5 Å². The molecule has 1 aliphatic rings. The maximum atomic E-state index is 12.1. The van der Waals surface area contributed by atoms with Gasteiger partial charge in [-0.05, 0) is 26.2 Å². The lowest BCUT2D eigenvalue weighted by atomic mass is 9.82. The average molecular weight is 243 g/mol. The number of hydrogen-bond donors (Lipinski definition) is 1. The Kier molecular flexibility index (Phi) is 4.95. The first kappa shape index (κ1) is 14.5. The Balaban J connectivity index is 2.85. The third kappa shape index (κ3) is 3.42. The monoisotopic (exact) mass is 243 g/mol. The Bertz CT molecular complexity index is 265. The second kappa shape index (κ2) is 5.83. The summed E-state index contributed by atoms with van der Waals surface area (Å²) in [5.41, 5.74) is -0.573. The fourth-order valence-corrected chi connectivity index (χ4v) is 2.44. The molecule has 2 atom stereocenters. The van der Waals surface area contributed by atoms with Crippen LogP contribution in [0.2, 0.25) is 0 Å². The van der Waals surface area contributed by atoms with Crippen molar-refractivity contribution in [2.45, 2.75) is 58.2 Å².